The van der Waals surface area contributed by atoms with Crippen LogP contribution in [0.5, 0.6) is 0 Å². The molecule has 0 heterocycles. The zero-order valence-electron chi connectivity index (χ0n) is 11.9. The number of hydrogen-bond acceptors (Lipinski definition) is 5. The third-order valence-corrected chi connectivity index (χ3v) is 4.89. The molecule has 7 nitrogen and oxygen atoms in total. The van der Waals surface area contributed by atoms with Crippen molar-refractivity contribution in [2.75, 3.05) is 19.3 Å². The third-order valence-electron chi connectivity index (χ3n) is 2.68. The summed E-state index contributed by atoms with van der Waals surface area (Å²) in [7, 11) is -6.88. The molecule has 1 aromatic rings. The lowest BCUT2D eigenvalue weighted by atomic mass is 10.1. The van der Waals surface area contributed by atoms with E-state index in [1.807, 2.05) is 0 Å². The Morgan fingerprint density at radius 3 is 2.05 bits per heavy atom. The Morgan fingerprint density at radius 2 is 1.57 bits per heavy atom. The summed E-state index contributed by atoms with van der Waals surface area (Å²) < 4.78 is 50.2. The molecular formula is C12H20N2O5S2. The molecule has 0 aromatic heterocycles. The van der Waals surface area contributed by atoms with Gasteiger partial charge in [0, 0.05) is 13.1 Å². The van der Waals surface area contributed by atoms with Crippen molar-refractivity contribution in [3.8, 4) is 0 Å². The average molecular weight is 336 g/mol. The Kier molecular flexibility index (Phi) is 6.29. The average Bonchev–Trinajstić information content (AvgIpc) is 2.37. The van der Waals surface area contributed by atoms with Crippen molar-refractivity contribution in [2.24, 2.45) is 0 Å². The van der Waals surface area contributed by atoms with E-state index in [-0.39, 0.29) is 18.0 Å². The molecule has 0 aliphatic heterocycles. The summed E-state index contributed by atoms with van der Waals surface area (Å²) >= 11 is 0. The highest BCUT2D eigenvalue weighted by atomic mass is 32.2. The second-order valence-corrected chi connectivity index (χ2v) is 8.26. The number of benzene rings is 1. The number of nitrogens with one attached hydrogen (secondary N) is 2. The van der Waals surface area contributed by atoms with Crippen LogP contribution >= 0.6 is 0 Å². The molecule has 9 heteroatoms. The summed E-state index contributed by atoms with van der Waals surface area (Å²) in [6, 6.07) is 5.92. The van der Waals surface area contributed by atoms with E-state index >= 15 is 0 Å². The molecule has 0 radical (unpaired) electrons. The van der Waals surface area contributed by atoms with Gasteiger partial charge in [0.2, 0.25) is 20.0 Å². The number of rotatable bonds is 8. The lowest BCUT2D eigenvalue weighted by Crippen LogP contribution is -2.29. The number of aliphatic hydroxyl groups is 1. The van der Waals surface area contributed by atoms with Gasteiger partial charge >= 0.3 is 0 Å². The Bertz CT molecular complexity index is 651. The van der Waals surface area contributed by atoms with Crippen molar-refractivity contribution in [1.82, 2.24) is 9.44 Å². The first-order valence-electron chi connectivity index (χ1n) is 6.34. The summed E-state index contributed by atoms with van der Waals surface area (Å²) in [5, 5.41) is 9.36. The molecule has 21 heavy (non-hydrogen) atoms. The maximum atomic E-state index is 12.0. The van der Waals surface area contributed by atoms with E-state index in [1.165, 1.54) is 12.1 Å². The van der Waals surface area contributed by atoms with E-state index in [1.54, 1.807) is 19.1 Å². The predicted octanol–water partition coefficient (Wildman–Crippen LogP) is -0.0425. The SMILES string of the molecule is CC(O)c1ccc(S(=O)(=O)NCCCNS(C)(=O)=O)cc1. The highest BCUT2D eigenvalue weighted by Gasteiger charge is 2.13. The minimum absolute atomic E-state index is 0.1000. The van der Waals surface area contributed by atoms with E-state index in [9.17, 15) is 21.9 Å². The molecule has 0 aliphatic carbocycles. The molecule has 3 N–H and O–H groups in total. The normalized spacial score (nSPS) is 14.0. The molecule has 120 valence electrons. The van der Waals surface area contributed by atoms with Gasteiger partial charge in [-0.3, -0.25) is 0 Å². The fourth-order valence-corrected chi connectivity index (χ4v) is 3.15. The van der Waals surface area contributed by atoms with Crippen LogP contribution in [-0.4, -0.2) is 41.3 Å². The molecule has 1 aromatic carbocycles. The topological polar surface area (TPSA) is 113 Å². The molecule has 1 rings (SSSR count). The number of sulfonamides is 2. The standard InChI is InChI=1S/C12H20N2O5S2/c1-10(15)11-4-6-12(7-5-11)21(18,19)14-9-3-8-13-20(2,16)17/h4-7,10,13-15H,3,8-9H2,1-2H3. The van der Waals surface area contributed by atoms with Crippen LogP contribution in [0.3, 0.4) is 0 Å². The summed E-state index contributed by atoms with van der Waals surface area (Å²) in [4.78, 5) is 0.1000. The highest BCUT2D eigenvalue weighted by Crippen LogP contribution is 2.15. The van der Waals surface area contributed by atoms with Crippen LogP contribution in [0, 0.1) is 0 Å². The first kappa shape index (κ1) is 18.1. The van der Waals surface area contributed by atoms with Gasteiger partial charge in [-0.15, -0.1) is 0 Å². The van der Waals surface area contributed by atoms with Crippen LogP contribution in [0.15, 0.2) is 29.2 Å². The van der Waals surface area contributed by atoms with Crippen LogP contribution in [0.2, 0.25) is 0 Å². The molecule has 0 spiro atoms. The Hall–Kier alpha value is -1.00. The van der Waals surface area contributed by atoms with E-state index in [4.69, 9.17) is 0 Å². The second-order valence-electron chi connectivity index (χ2n) is 4.66. The van der Waals surface area contributed by atoms with Crippen LogP contribution in [0.4, 0.5) is 0 Å². The van der Waals surface area contributed by atoms with Gasteiger partial charge in [-0.1, -0.05) is 12.1 Å². The van der Waals surface area contributed by atoms with Crippen molar-refractivity contribution in [1.29, 1.82) is 0 Å². The first-order chi connectivity index (χ1) is 9.62. The van der Waals surface area contributed by atoms with Gasteiger partial charge in [-0.2, -0.15) is 0 Å². The van der Waals surface area contributed by atoms with E-state index in [0.717, 1.165) is 6.26 Å². The smallest absolute Gasteiger partial charge is 0.240 e. The zero-order chi connectivity index (χ0) is 16.1. The second kappa shape index (κ2) is 7.32. The largest absolute Gasteiger partial charge is 0.389 e. The summed E-state index contributed by atoms with van der Waals surface area (Å²) in [6.45, 7) is 1.89. The Labute approximate surface area is 125 Å². The lowest BCUT2D eigenvalue weighted by molar-refractivity contribution is 0.199. The molecule has 0 aliphatic rings. The number of hydrogen-bond donors (Lipinski definition) is 3. The molecule has 0 bridgehead atoms. The molecule has 0 amide bonds. The fourth-order valence-electron chi connectivity index (χ4n) is 1.56. The van der Waals surface area contributed by atoms with Crippen molar-refractivity contribution in [3.63, 3.8) is 0 Å². The van der Waals surface area contributed by atoms with Gasteiger partial charge in [0.25, 0.3) is 0 Å². The molecular weight excluding hydrogens is 316 g/mol. The summed E-state index contributed by atoms with van der Waals surface area (Å²) in [6.07, 6.45) is 0.732. The zero-order valence-corrected chi connectivity index (χ0v) is 13.5. The van der Waals surface area contributed by atoms with Crippen LogP contribution in [0.1, 0.15) is 25.0 Å². The van der Waals surface area contributed by atoms with Crippen molar-refractivity contribution < 1.29 is 21.9 Å². The minimum Gasteiger partial charge on any atom is -0.389 e. The molecule has 1 atom stereocenters. The molecule has 0 saturated carbocycles. The van der Waals surface area contributed by atoms with E-state index in [0.29, 0.717) is 12.0 Å². The van der Waals surface area contributed by atoms with E-state index < -0.39 is 26.2 Å². The maximum Gasteiger partial charge on any atom is 0.240 e. The quantitative estimate of drug-likeness (QED) is 0.577. The Morgan fingerprint density at radius 1 is 1.05 bits per heavy atom. The van der Waals surface area contributed by atoms with Gasteiger partial charge in [0.05, 0.1) is 17.3 Å². The summed E-state index contributed by atoms with van der Waals surface area (Å²) in [5.41, 5.74) is 0.631. The predicted molar refractivity (Wildman–Crippen MR) is 79.7 cm³/mol. The highest BCUT2D eigenvalue weighted by molar-refractivity contribution is 7.89. The lowest BCUT2D eigenvalue weighted by Gasteiger charge is -2.09. The van der Waals surface area contributed by atoms with Crippen LogP contribution in [0.25, 0.3) is 0 Å². The van der Waals surface area contributed by atoms with Gasteiger partial charge in [-0.25, -0.2) is 26.3 Å². The molecule has 1 unspecified atom stereocenters. The van der Waals surface area contributed by atoms with Crippen LogP contribution < -0.4 is 9.44 Å². The molecule has 0 fully saturated rings. The fraction of sp³-hybridized carbons (Fsp3) is 0.500. The van der Waals surface area contributed by atoms with Crippen LogP contribution in [-0.2, 0) is 20.0 Å². The van der Waals surface area contributed by atoms with Gasteiger partial charge < -0.3 is 5.11 Å². The van der Waals surface area contributed by atoms with Crippen molar-refractivity contribution >= 4 is 20.0 Å². The number of aliphatic hydroxyl groups excluding tert-OH is 1. The third kappa shape index (κ3) is 6.53. The summed E-state index contributed by atoms with van der Waals surface area (Å²) in [5.74, 6) is 0. The monoisotopic (exact) mass is 336 g/mol. The Balaban J connectivity index is 2.53. The maximum absolute atomic E-state index is 12.0. The molecule has 0 saturated heterocycles. The minimum atomic E-state index is -3.63. The first-order valence-corrected chi connectivity index (χ1v) is 9.71. The van der Waals surface area contributed by atoms with E-state index in [2.05, 4.69) is 9.44 Å². The van der Waals surface area contributed by atoms with Gasteiger partial charge in [0.1, 0.15) is 0 Å². The van der Waals surface area contributed by atoms with Gasteiger partial charge in [0.15, 0.2) is 0 Å². The van der Waals surface area contributed by atoms with Crippen molar-refractivity contribution in [3.05, 3.63) is 29.8 Å². The van der Waals surface area contributed by atoms with Crippen molar-refractivity contribution in [2.45, 2.75) is 24.3 Å². The van der Waals surface area contributed by atoms with Gasteiger partial charge in [-0.05, 0) is 31.0 Å².